The molecule has 2 rings (SSSR count). The predicted molar refractivity (Wildman–Crippen MR) is 71.5 cm³/mol. The van der Waals surface area contributed by atoms with E-state index >= 15 is 0 Å². The first-order chi connectivity index (χ1) is 8.80. The fourth-order valence-corrected chi connectivity index (χ4v) is 1.87. The molecule has 0 aliphatic rings. The van der Waals surface area contributed by atoms with Crippen LogP contribution in [0.4, 0.5) is 0 Å². The number of methoxy groups -OCH3 is 3. The van der Waals surface area contributed by atoms with E-state index in [-0.39, 0.29) is 0 Å². The van der Waals surface area contributed by atoms with Gasteiger partial charge in [-0.2, -0.15) is 0 Å². The highest BCUT2D eigenvalue weighted by Crippen LogP contribution is 2.39. The molecule has 0 heterocycles. The summed E-state index contributed by atoms with van der Waals surface area (Å²) < 4.78 is 16.0. The number of hydrogen-bond donors (Lipinski definition) is 0. The van der Waals surface area contributed by atoms with Crippen LogP contribution in [0.3, 0.4) is 0 Å². The Kier molecular flexibility index (Phi) is 3.72. The Morgan fingerprint density at radius 3 is 1.78 bits per heavy atom. The van der Waals surface area contributed by atoms with Crippen molar-refractivity contribution in [2.75, 3.05) is 21.3 Å². The topological polar surface area (TPSA) is 27.7 Å². The Hall–Kier alpha value is -2.16. The van der Waals surface area contributed by atoms with Crippen LogP contribution in [0.5, 0.6) is 17.2 Å². The standard InChI is InChI=1S/C15H16O3/c1-16-13-10-15(18-3)14(17-2)9-12(13)11-7-5-4-6-8-11/h4-10H,1-3H3. The molecular weight excluding hydrogens is 228 g/mol. The molecule has 0 unspecified atom stereocenters. The fourth-order valence-electron chi connectivity index (χ4n) is 1.87. The number of rotatable bonds is 4. The highest BCUT2D eigenvalue weighted by atomic mass is 16.5. The minimum atomic E-state index is 0.661. The van der Waals surface area contributed by atoms with Crippen LogP contribution in [0.15, 0.2) is 42.5 Å². The molecule has 0 spiro atoms. The molecule has 0 bridgehead atoms. The van der Waals surface area contributed by atoms with Crippen molar-refractivity contribution in [1.29, 1.82) is 0 Å². The highest BCUT2D eigenvalue weighted by Gasteiger charge is 2.12. The Balaban J connectivity index is 2.59. The molecule has 18 heavy (non-hydrogen) atoms. The maximum absolute atomic E-state index is 5.41. The maximum Gasteiger partial charge on any atom is 0.164 e. The van der Waals surface area contributed by atoms with Crippen molar-refractivity contribution in [2.45, 2.75) is 0 Å². The maximum atomic E-state index is 5.41. The summed E-state index contributed by atoms with van der Waals surface area (Å²) >= 11 is 0. The Bertz CT molecular complexity index is 521. The van der Waals surface area contributed by atoms with Crippen LogP contribution in [0, 0.1) is 0 Å². The molecular formula is C15H16O3. The highest BCUT2D eigenvalue weighted by molar-refractivity contribution is 5.74. The van der Waals surface area contributed by atoms with Crippen molar-refractivity contribution in [1.82, 2.24) is 0 Å². The number of hydrogen-bond acceptors (Lipinski definition) is 3. The smallest absolute Gasteiger partial charge is 0.164 e. The van der Waals surface area contributed by atoms with Crippen LogP contribution >= 0.6 is 0 Å². The van der Waals surface area contributed by atoms with Gasteiger partial charge >= 0.3 is 0 Å². The Morgan fingerprint density at radius 2 is 1.22 bits per heavy atom. The number of ether oxygens (including phenoxy) is 3. The summed E-state index contributed by atoms with van der Waals surface area (Å²) in [5.41, 5.74) is 2.06. The lowest BCUT2D eigenvalue weighted by atomic mass is 10.0. The summed E-state index contributed by atoms with van der Waals surface area (Å²) in [4.78, 5) is 0. The van der Waals surface area contributed by atoms with Gasteiger partial charge in [0.05, 0.1) is 21.3 Å². The van der Waals surface area contributed by atoms with Gasteiger partial charge in [0.15, 0.2) is 11.5 Å². The van der Waals surface area contributed by atoms with Crippen LogP contribution < -0.4 is 14.2 Å². The van der Waals surface area contributed by atoms with Gasteiger partial charge in [-0.15, -0.1) is 0 Å². The van der Waals surface area contributed by atoms with E-state index in [2.05, 4.69) is 0 Å². The third-order valence-electron chi connectivity index (χ3n) is 2.79. The third-order valence-corrected chi connectivity index (χ3v) is 2.79. The van der Waals surface area contributed by atoms with E-state index in [1.165, 1.54) is 0 Å². The van der Waals surface area contributed by atoms with Crippen LogP contribution in [0.25, 0.3) is 11.1 Å². The van der Waals surface area contributed by atoms with E-state index in [0.717, 1.165) is 16.9 Å². The van der Waals surface area contributed by atoms with E-state index in [0.29, 0.717) is 11.5 Å². The first kappa shape index (κ1) is 12.3. The van der Waals surface area contributed by atoms with Crippen molar-refractivity contribution in [2.24, 2.45) is 0 Å². The van der Waals surface area contributed by atoms with Gasteiger partial charge < -0.3 is 14.2 Å². The predicted octanol–water partition coefficient (Wildman–Crippen LogP) is 3.38. The second kappa shape index (κ2) is 5.45. The SMILES string of the molecule is COc1cc(OC)c(-c2ccccc2)cc1OC. The summed E-state index contributed by atoms with van der Waals surface area (Å²) in [7, 11) is 4.88. The molecule has 94 valence electrons. The van der Waals surface area contributed by atoms with Crippen molar-refractivity contribution in [3.05, 3.63) is 42.5 Å². The molecule has 0 aliphatic heterocycles. The van der Waals surface area contributed by atoms with Gasteiger partial charge in [-0.1, -0.05) is 30.3 Å². The fraction of sp³-hybridized carbons (Fsp3) is 0.200. The van der Waals surface area contributed by atoms with Gasteiger partial charge in [0.25, 0.3) is 0 Å². The molecule has 0 N–H and O–H groups in total. The van der Waals surface area contributed by atoms with Crippen LogP contribution in [-0.2, 0) is 0 Å². The minimum Gasteiger partial charge on any atom is -0.496 e. The molecule has 3 nitrogen and oxygen atoms in total. The van der Waals surface area contributed by atoms with E-state index < -0.39 is 0 Å². The van der Waals surface area contributed by atoms with Gasteiger partial charge in [0.2, 0.25) is 0 Å². The summed E-state index contributed by atoms with van der Waals surface area (Å²) in [5.74, 6) is 2.12. The minimum absolute atomic E-state index is 0.661. The summed E-state index contributed by atoms with van der Waals surface area (Å²) in [6.45, 7) is 0. The molecule has 0 amide bonds. The molecule has 0 fully saturated rings. The molecule has 3 heteroatoms. The lowest BCUT2D eigenvalue weighted by molar-refractivity contribution is 0.349. The normalized spacial score (nSPS) is 9.94. The zero-order chi connectivity index (χ0) is 13.0. The quantitative estimate of drug-likeness (QED) is 0.825. The van der Waals surface area contributed by atoms with E-state index in [1.807, 2.05) is 42.5 Å². The van der Waals surface area contributed by atoms with E-state index in [4.69, 9.17) is 14.2 Å². The second-order valence-electron chi connectivity index (χ2n) is 3.77. The average Bonchev–Trinajstić information content (AvgIpc) is 2.46. The van der Waals surface area contributed by atoms with Gasteiger partial charge in [0.1, 0.15) is 5.75 Å². The molecule has 0 aromatic heterocycles. The first-order valence-electron chi connectivity index (χ1n) is 5.65. The summed E-state index contributed by atoms with van der Waals surface area (Å²) in [5, 5.41) is 0. The van der Waals surface area contributed by atoms with Crippen molar-refractivity contribution in [3.63, 3.8) is 0 Å². The van der Waals surface area contributed by atoms with Crippen molar-refractivity contribution in [3.8, 4) is 28.4 Å². The molecule has 0 saturated heterocycles. The molecule has 2 aromatic rings. The van der Waals surface area contributed by atoms with E-state index in [1.54, 1.807) is 21.3 Å². The van der Waals surface area contributed by atoms with Crippen LogP contribution in [-0.4, -0.2) is 21.3 Å². The Labute approximate surface area is 107 Å². The zero-order valence-electron chi connectivity index (χ0n) is 10.8. The van der Waals surface area contributed by atoms with Gasteiger partial charge in [0, 0.05) is 11.6 Å². The first-order valence-corrected chi connectivity index (χ1v) is 5.65. The molecule has 0 aliphatic carbocycles. The molecule has 0 atom stereocenters. The lowest BCUT2D eigenvalue weighted by Gasteiger charge is -2.14. The lowest BCUT2D eigenvalue weighted by Crippen LogP contribution is -1.94. The van der Waals surface area contributed by atoms with Gasteiger partial charge in [-0.3, -0.25) is 0 Å². The monoisotopic (exact) mass is 244 g/mol. The van der Waals surface area contributed by atoms with Crippen molar-refractivity contribution >= 4 is 0 Å². The average molecular weight is 244 g/mol. The molecule has 0 saturated carbocycles. The zero-order valence-corrected chi connectivity index (χ0v) is 10.8. The Morgan fingerprint density at radius 1 is 0.667 bits per heavy atom. The van der Waals surface area contributed by atoms with Gasteiger partial charge in [-0.05, 0) is 11.6 Å². The largest absolute Gasteiger partial charge is 0.496 e. The number of benzene rings is 2. The van der Waals surface area contributed by atoms with E-state index in [9.17, 15) is 0 Å². The second-order valence-corrected chi connectivity index (χ2v) is 3.77. The van der Waals surface area contributed by atoms with Crippen molar-refractivity contribution < 1.29 is 14.2 Å². The third kappa shape index (κ3) is 2.25. The summed E-state index contributed by atoms with van der Waals surface area (Å²) in [6.07, 6.45) is 0. The van der Waals surface area contributed by atoms with Crippen LogP contribution in [0.1, 0.15) is 0 Å². The molecule has 2 aromatic carbocycles. The van der Waals surface area contributed by atoms with Gasteiger partial charge in [-0.25, -0.2) is 0 Å². The molecule has 0 radical (unpaired) electrons. The van der Waals surface area contributed by atoms with Crippen LogP contribution in [0.2, 0.25) is 0 Å². The summed E-state index contributed by atoms with van der Waals surface area (Å²) in [6, 6.07) is 13.8.